The predicted octanol–water partition coefficient (Wildman–Crippen LogP) is 2.17. The molecule has 2 rings (SSSR count). The molecule has 1 aromatic rings. The summed E-state index contributed by atoms with van der Waals surface area (Å²) < 4.78 is 0. The molecular weight excluding hydrogens is 214 g/mol. The van der Waals surface area contributed by atoms with Crippen LogP contribution < -0.4 is 5.32 Å². The van der Waals surface area contributed by atoms with Crippen LogP contribution in [0.2, 0.25) is 0 Å². The Labute approximate surface area is 102 Å². The van der Waals surface area contributed by atoms with Gasteiger partial charge in [-0.05, 0) is 24.0 Å². The van der Waals surface area contributed by atoms with Crippen molar-refractivity contribution >= 4 is 5.97 Å². The van der Waals surface area contributed by atoms with Crippen molar-refractivity contribution in [2.45, 2.75) is 38.1 Å². The van der Waals surface area contributed by atoms with Crippen LogP contribution in [0.1, 0.15) is 36.8 Å². The highest BCUT2D eigenvalue weighted by atomic mass is 16.4. The van der Waals surface area contributed by atoms with Crippen LogP contribution >= 0.6 is 0 Å². The highest BCUT2D eigenvalue weighted by molar-refractivity contribution is 5.73. The topological polar surface area (TPSA) is 49.3 Å². The fourth-order valence-electron chi connectivity index (χ4n) is 2.43. The summed E-state index contributed by atoms with van der Waals surface area (Å²) in [7, 11) is 0. The van der Waals surface area contributed by atoms with Crippen molar-refractivity contribution < 1.29 is 9.90 Å². The zero-order chi connectivity index (χ0) is 12.3. The number of rotatable bonds is 6. The van der Waals surface area contributed by atoms with Gasteiger partial charge in [-0.3, -0.25) is 4.79 Å². The Kier molecular flexibility index (Phi) is 3.79. The molecule has 1 aliphatic carbocycles. The van der Waals surface area contributed by atoms with Gasteiger partial charge in [0, 0.05) is 12.5 Å². The van der Waals surface area contributed by atoms with Gasteiger partial charge in [0.15, 0.2) is 0 Å². The third-order valence-electron chi connectivity index (χ3n) is 3.45. The monoisotopic (exact) mass is 233 g/mol. The summed E-state index contributed by atoms with van der Waals surface area (Å²) in [5.41, 5.74) is 2.78. The number of fused-ring (bicyclic) bond motifs is 1. The number of nitrogens with one attached hydrogen (secondary N) is 1. The van der Waals surface area contributed by atoms with Gasteiger partial charge in [0.1, 0.15) is 6.04 Å². The number of carbonyl (C=O) groups is 1. The van der Waals surface area contributed by atoms with E-state index < -0.39 is 12.0 Å². The molecule has 0 heterocycles. The third kappa shape index (κ3) is 2.67. The Morgan fingerprint density at radius 1 is 1.53 bits per heavy atom. The van der Waals surface area contributed by atoms with Gasteiger partial charge >= 0.3 is 5.97 Å². The number of carboxylic acid groups (broad SMARTS) is 1. The number of hydrogen-bond acceptors (Lipinski definition) is 2. The van der Waals surface area contributed by atoms with Gasteiger partial charge in [0.05, 0.1) is 0 Å². The summed E-state index contributed by atoms with van der Waals surface area (Å²) in [5, 5.41) is 12.2. The normalized spacial score (nSPS) is 19.2. The quantitative estimate of drug-likeness (QED) is 0.791. The van der Waals surface area contributed by atoms with Crippen molar-refractivity contribution in [3.63, 3.8) is 0 Å². The Bertz CT molecular complexity index is 403. The van der Waals surface area contributed by atoms with E-state index in [2.05, 4.69) is 23.5 Å². The second-order valence-corrected chi connectivity index (χ2v) is 4.69. The van der Waals surface area contributed by atoms with Crippen molar-refractivity contribution in [2.24, 2.45) is 0 Å². The van der Waals surface area contributed by atoms with Crippen LogP contribution in [0.4, 0.5) is 0 Å². The van der Waals surface area contributed by atoms with Gasteiger partial charge in [0.25, 0.3) is 0 Å². The van der Waals surface area contributed by atoms with Crippen LogP contribution in [-0.2, 0) is 11.2 Å². The van der Waals surface area contributed by atoms with E-state index in [9.17, 15) is 4.79 Å². The smallest absolute Gasteiger partial charge is 0.320 e. The fraction of sp³-hybridized carbons (Fsp3) is 0.500. The van der Waals surface area contributed by atoms with E-state index in [0.29, 0.717) is 12.3 Å². The Hall–Kier alpha value is -1.35. The van der Waals surface area contributed by atoms with Crippen molar-refractivity contribution in [1.29, 1.82) is 0 Å². The van der Waals surface area contributed by atoms with Gasteiger partial charge in [-0.15, -0.1) is 0 Å². The lowest BCUT2D eigenvalue weighted by atomic mass is 9.77. The first-order valence-corrected chi connectivity index (χ1v) is 6.26. The summed E-state index contributed by atoms with van der Waals surface area (Å²) >= 11 is 0. The molecule has 2 N–H and O–H groups in total. The van der Waals surface area contributed by atoms with Gasteiger partial charge in [-0.2, -0.15) is 0 Å². The second-order valence-electron chi connectivity index (χ2n) is 4.69. The molecule has 2 atom stereocenters. The average molecular weight is 233 g/mol. The minimum Gasteiger partial charge on any atom is -0.480 e. The molecule has 0 aromatic heterocycles. The highest BCUT2D eigenvalue weighted by Crippen LogP contribution is 2.34. The van der Waals surface area contributed by atoms with Crippen molar-refractivity contribution in [1.82, 2.24) is 5.32 Å². The fourth-order valence-corrected chi connectivity index (χ4v) is 2.43. The second kappa shape index (κ2) is 5.32. The van der Waals surface area contributed by atoms with E-state index >= 15 is 0 Å². The summed E-state index contributed by atoms with van der Waals surface area (Å²) in [6.07, 6.45) is 2.66. The largest absolute Gasteiger partial charge is 0.480 e. The first-order valence-electron chi connectivity index (χ1n) is 6.26. The molecule has 17 heavy (non-hydrogen) atoms. The molecule has 0 radical (unpaired) electrons. The maximum atomic E-state index is 11.0. The molecule has 3 nitrogen and oxygen atoms in total. The third-order valence-corrected chi connectivity index (χ3v) is 3.45. The SMILES string of the molecule is CCCC(NCC1Cc2ccccc21)C(=O)O. The van der Waals surface area contributed by atoms with E-state index in [1.54, 1.807) is 0 Å². The number of aliphatic carboxylic acids is 1. The van der Waals surface area contributed by atoms with Crippen molar-refractivity contribution in [2.75, 3.05) is 6.54 Å². The van der Waals surface area contributed by atoms with Crippen LogP contribution in [0.25, 0.3) is 0 Å². The summed E-state index contributed by atoms with van der Waals surface area (Å²) in [6, 6.07) is 7.99. The van der Waals surface area contributed by atoms with Crippen molar-refractivity contribution in [3.05, 3.63) is 35.4 Å². The van der Waals surface area contributed by atoms with Crippen LogP contribution in [0.15, 0.2) is 24.3 Å². The minimum atomic E-state index is -0.737. The van der Waals surface area contributed by atoms with E-state index in [1.165, 1.54) is 11.1 Å². The summed E-state index contributed by atoms with van der Waals surface area (Å²) in [6.45, 7) is 2.78. The average Bonchev–Trinajstić information content (AvgIpc) is 2.28. The van der Waals surface area contributed by atoms with Crippen LogP contribution in [0, 0.1) is 0 Å². The molecule has 0 fully saturated rings. The van der Waals surface area contributed by atoms with Crippen LogP contribution in [0.5, 0.6) is 0 Å². The lowest BCUT2D eigenvalue weighted by molar-refractivity contribution is -0.139. The number of benzene rings is 1. The van der Waals surface area contributed by atoms with E-state index in [1.807, 2.05) is 13.0 Å². The molecule has 2 unspecified atom stereocenters. The van der Waals surface area contributed by atoms with Crippen molar-refractivity contribution in [3.8, 4) is 0 Å². The van der Waals surface area contributed by atoms with Gasteiger partial charge in [-0.1, -0.05) is 37.6 Å². The zero-order valence-corrected chi connectivity index (χ0v) is 10.1. The summed E-state index contributed by atoms with van der Waals surface area (Å²) in [5.74, 6) is -0.246. The molecule has 3 heteroatoms. The zero-order valence-electron chi connectivity index (χ0n) is 10.1. The van der Waals surface area contributed by atoms with E-state index in [4.69, 9.17) is 5.11 Å². The van der Waals surface area contributed by atoms with Gasteiger partial charge in [0.2, 0.25) is 0 Å². The first-order chi connectivity index (χ1) is 8.22. The predicted molar refractivity (Wildman–Crippen MR) is 67.2 cm³/mol. The number of carboxylic acids is 1. The molecule has 92 valence electrons. The van der Waals surface area contributed by atoms with E-state index in [0.717, 1.165) is 19.4 Å². The molecule has 1 aliphatic rings. The molecule has 1 aromatic carbocycles. The van der Waals surface area contributed by atoms with Gasteiger partial charge < -0.3 is 10.4 Å². The van der Waals surface area contributed by atoms with Crippen LogP contribution in [0.3, 0.4) is 0 Å². The Morgan fingerprint density at radius 3 is 2.94 bits per heavy atom. The Morgan fingerprint density at radius 2 is 2.29 bits per heavy atom. The molecule has 0 amide bonds. The maximum absolute atomic E-state index is 11.0. The molecular formula is C14H19NO2. The lowest BCUT2D eigenvalue weighted by Gasteiger charge is -2.31. The lowest BCUT2D eigenvalue weighted by Crippen LogP contribution is -2.40. The first kappa shape index (κ1) is 12.1. The summed E-state index contributed by atoms with van der Waals surface area (Å²) in [4.78, 5) is 11.0. The Balaban J connectivity index is 1.86. The number of hydrogen-bond donors (Lipinski definition) is 2. The molecule has 0 aliphatic heterocycles. The van der Waals surface area contributed by atoms with E-state index in [-0.39, 0.29) is 0 Å². The molecule has 0 saturated heterocycles. The van der Waals surface area contributed by atoms with Crippen LogP contribution in [-0.4, -0.2) is 23.7 Å². The standard InChI is InChI=1S/C14H19NO2/c1-2-5-13(14(16)17)15-9-11-8-10-6-3-4-7-12(10)11/h3-4,6-7,11,13,15H,2,5,8-9H2,1H3,(H,16,17). The highest BCUT2D eigenvalue weighted by Gasteiger charge is 2.26. The minimum absolute atomic E-state index is 0.396. The molecule has 0 spiro atoms. The molecule has 0 saturated carbocycles. The maximum Gasteiger partial charge on any atom is 0.320 e. The molecule has 0 bridgehead atoms. The van der Waals surface area contributed by atoms with Gasteiger partial charge in [-0.25, -0.2) is 0 Å².